The molecule has 0 aliphatic carbocycles. The van der Waals surface area contributed by atoms with E-state index in [0.717, 1.165) is 0 Å². The first-order valence-electron chi connectivity index (χ1n) is 7.15. The normalized spacial score (nSPS) is 18.0. The number of ether oxygens (including phenoxy) is 1. The number of hydrogen-bond donors (Lipinski definition) is 0. The molecule has 25 heavy (non-hydrogen) atoms. The van der Waals surface area contributed by atoms with Gasteiger partial charge in [0.2, 0.25) is 6.23 Å². The van der Waals surface area contributed by atoms with E-state index in [1.54, 1.807) is 12.1 Å². The third-order valence-corrected chi connectivity index (χ3v) is 3.83. The van der Waals surface area contributed by atoms with Crippen molar-refractivity contribution in [1.29, 1.82) is 0 Å². The average Bonchev–Trinajstić information content (AvgIpc) is 3.07. The lowest BCUT2D eigenvalue weighted by Gasteiger charge is -2.27. The van der Waals surface area contributed by atoms with Crippen molar-refractivity contribution in [3.63, 3.8) is 0 Å². The van der Waals surface area contributed by atoms with Crippen LogP contribution in [0.1, 0.15) is 11.1 Å². The summed E-state index contributed by atoms with van der Waals surface area (Å²) >= 11 is 0. The third-order valence-electron chi connectivity index (χ3n) is 3.83. The number of benzene rings is 2. The van der Waals surface area contributed by atoms with Crippen LogP contribution in [0.4, 0.5) is 11.4 Å². The van der Waals surface area contributed by atoms with Gasteiger partial charge in [-0.25, -0.2) is 0 Å². The van der Waals surface area contributed by atoms with Crippen molar-refractivity contribution in [2.24, 2.45) is 4.99 Å². The summed E-state index contributed by atoms with van der Waals surface area (Å²) in [6.45, 7) is 0. The van der Waals surface area contributed by atoms with Crippen molar-refractivity contribution in [1.82, 2.24) is 0 Å². The second-order valence-electron chi connectivity index (χ2n) is 5.21. The highest BCUT2D eigenvalue weighted by Crippen LogP contribution is 2.44. The molecule has 0 spiro atoms. The van der Waals surface area contributed by atoms with Crippen molar-refractivity contribution in [2.45, 2.75) is 11.8 Å². The quantitative estimate of drug-likeness (QED) is 0.467. The highest BCUT2D eigenvalue weighted by molar-refractivity contribution is 5.84. The van der Waals surface area contributed by atoms with Gasteiger partial charge in [0.1, 0.15) is 0 Å². The molecule has 0 amide bonds. The zero-order valence-corrected chi connectivity index (χ0v) is 12.6. The number of carbonyl (C=O) groups excluding carboxylic acids is 1. The molecule has 2 aromatic carbocycles. The number of hydrogen-bond acceptors (Lipinski definition) is 7. The van der Waals surface area contributed by atoms with Gasteiger partial charge < -0.3 is 4.74 Å². The fourth-order valence-corrected chi connectivity index (χ4v) is 2.80. The topological polar surface area (TPSA) is 125 Å². The monoisotopic (exact) mass is 341 g/mol. The van der Waals surface area contributed by atoms with Gasteiger partial charge >= 0.3 is 0 Å². The zero-order chi connectivity index (χ0) is 18.0. The largest absolute Gasteiger partial charge is 0.327 e. The number of nitro benzene ring substituents is 2. The Labute approximate surface area is 140 Å². The first-order chi connectivity index (χ1) is 12.0. The highest BCUT2D eigenvalue weighted by Gasteiger charge is 2.48. The second kappa shape index (κ2) is 6.21. The molecule has 1 aliphatic rings. The number of nitrogens with zero attached hydrogens (tertiary/aromatic N) is 3. The van der Waals surface area contributed by atoms with Gasteiger partial charge in [0, 0.05) is 18.3 Å². The SMILES string of the molecule is O=CC1N=CC(c2ccccc2[N+](=O)[O-])(c2ccccc2[N+](=O)[O-])O1. The fraction of sp³-hybridized carbons (Fsp3) is 0.125. The summed E-state index contributed by atoms with van der Waals surface area (Å²) in [5.74, 6) is 0. The Bertz CT molecular complexity index is 837. The fourth-order valence-electron chi connectivity index (χ4n) is 2.80. The molecule has 0 aromatic heterocycles. The van der Waals surface area contributed by atoms with E-state index in [2.05, 4.69) is 4.99 Å². The predicted molar refractivity (Wildman–Crippen MR) is 86.4 cm³/mol. The molecular weight excluding hydrogens is 330 g/mol. The maximum Gasteiger partial charge on any atom is 0.276 e. The van der Waals surface area contributed by atoms with Gasteiger partial charge in [0.25, 0.3) is 11.4 Å². The van der Waals surface area contributed by atoms with Crippen molar-refractivity contribution < 1.29 is 19.4 Å². The minimum Gasteiger partial charge on any atom is -0.327 e. The standard InChI is InChI=1S/C16H11N3O6/c20-9-15-17-10-16(25-15,11-5-1-3-7-13(11)18(21)22)12-6-2-4-8-14(12)19(23)24/h1-10,15H. The maximum absolute atomic E-state index is 11.4. The van der Waals surface area contributed by atoms with Gasteiger partial charge in [0.05, 0.1) is 21.0 Å². The summed E-state index contributed by atoms with van der Waals surface area (Å²) in [5, 5.41) is 22.8. The van der Waals surface area contributed by atoms with Crippen molar-refractivity contribution >= 4 is 23.9 Å². The van der Waals surface area contributed by atoms with Crippen LogP contribution in [0, 0.1) is 20.2 Å². The summed E-state index contributed by atoms with van der Waals surface area (Å²) < 4.78 is 5.65. The third kappa shape index (κ3) is 2.66. The first kappa shape index (κ1) is 16.4. The Morgan fingerprint density at radius 3 is 1.84 bits per heavy atom. The maximum atomic E-state index is 11.4. The molecule has 0 bridgehead atoms. The molecule has 0 radical (unpaired) electrons. The highest BCUT2D eigenvalue weighted by atomic mass is 16.6. The number of rotatable bonds is 5. The molecule has 1 unspecified atom stereocenters. The lowest BCUT2D eigenvalue weighted by atomic mass is 9.85. The molecule has 1 aliphatic heterocycles. The van der Waals surface area contributed by atoms with Gasteiger partial charge in [-0.1, -0.05) is 24.3 Å². The summed E-state index contributed by atoms with van der Waals surface area (Å²) in [7, 11) is 0. The van der Waals surface area contributed by atoms with E-state index < -0.39 is 21.7 Å². The van der Waals surface area contributed by atoms with Gasteiger partial charge in [-0.3, -0.25) is 30.0 Å². The van der Waals surface area contributed by atoms with Crippen molar-refractivity contribution in [2.75, 3.05) is 0 Å². The van der Waals surface area contributed by atoms with E-state index in [0.29, 0.717) is 6.29 Å². The van der Waals surface area contributed by atoms with Gasteiger partial charge in [0.15, 0.2) is 11.9 Å². The van der Waals surface area contributed by atoms with Crippen molar-refractivity contribution in [3.8, 4) is 0 Å². The van der Waals surface area contributed by atoms with Gasteiger partial charge in [-0.2, -0.15) is 0 Å². The van der Waals surface area contributed by atoms with Crippen LogP contribution in [0.2, 0.25) is 0 Å². The number of carbonyl (C=O) groups is 1. The Balaban J connectivity index is 2.32. The van der Waals surface area contributed by atoms with Crippen LogP contribution in [0.3, 0.4) is 0 Å². The Kier molecular flexibility index (Phi) is 4.07. The molecule has 0 N–H and O–H groups in total. The van der Waals surface area contributed by atoms with E-state index in [1.165, 1.54) is 42.6 Å². The predicted octanol–water partition coefficient (Wildman–Crippen LogP) is 2.37. The van der Waals surface area contributed by atoms with Crippen LogP contribution < -0.4 is 0 Å². The smallest absolute Gasteiger partial charge is 0.276 e. The molecule has 0 saturated heterocycles. The minimum atomic E-state index is -1.71. The second-order valence-corrected chi connectivity index (χ2v) is 5.21. The summed E-state index contributed by atoms with van der Waals surface area (Å²) in [6, 6.07) is 11.4. The van der Waals surface area contributed by atoms with Crippen molar-refractivity contribution in [3.05, 3.63) is 79.9 Å². The minimum absolute atomic E-state index is 0.0578. The number of nitro groups is 2. The van der Waals surface area contributed by atoms with Crippen LogP contribution in [0.15, 0.2) is 53.5 Å². The van der Waals surface area contributed by atoms with Gasteiger partial charge in [-0.15, -0.1) is 0 Å². The molecule has 1 atom stereocenters. The van der Waals surface area contributed by atoms with Crippen LogP contribution in [-0.2, 0) is 15.1 Å². The molecule has 126 valence electrons. The van der Waals surface area contributed by atoms with Gasteiger partial charge in [-0.05, 0) is 12.1 Å². The molecular formula is C16H11N3O6. The van der Waals surface area contributed by atoms with Crippen LogP contribution in [0.5, 0.6) is 0 Å². The summed E-state index contributed by atoms with van der Waals surface area (Å²) in [4.78, 5) is 36.6. The lowest BCUT2D eigenvalue weighted by molar-refractivity contribution is -0.388. The van der Waals surface area contributed by atoms with E-state index >= 15 is 0 Å². The molecule has 2 aromatic rings. The Morgan fingerprint density at radius 2 is 1.44 bits per heavy atom. The Morgan fingerprint density at radius 1 is 0.960 bits per heavy atom. The number of aldehydes is 1. The first-order valence-corrected chi connectivity index (χ1v) is 7.15. The van der Waals surface area contributed by atoms with Crippen LogP contribution in [0.25, 0.3) is 0 Å². The van der Waals surface area contributed by atoms with E-state index in [1.807, 2.05) is 0 Å². The number of para-hydroxylation sites is 2. The average molecular weight is 341 g/mol. The lowest BCUT2D eigenvalue weighted by Crippen LogP contribution is -2.33. The molecule has 3 rings (SSSR count). The van der Waals surface area contributed by atoms with E-state index in [9.17, 15) is 25.0 Å². The van der Waals surface area contributed by atoms with E-state index in [-0.39, 0.29) is 22.5 Å². The van der Waals surface area contributed by atoms with Crippen LogP contribution >= 0.6 is 0 Å². The molecule has 0 saturated carbocycles. The Hall–Kier alpha value is -3.46. The molecule has 9 nitrogen and oxygen atoms in total. The molecule has 0 fully saturated rings. The number of aliphatic imine (C=N–C) groups is 1. The summed E-state index contributed by atoms with van der Waals surface area (Å²) in [6.07, 6.45) is 0.415. The van der Waals surface area contributed by atoms with Crippen LogP contribution in [-0.4, -0.2) is 28.6 Å². The molecule has 9 heteroatoms. The molecule has 1 heterocycles. The van der Waals surface area contributed by atoms with E-state index in [4.69, 9.17) is 4.74 Å². The summed E-state index contributed by atoms with van der Waals surface area (Å²) in [5.41, 5.74) is -2.18. The zero-order valence-electron chi connectivity index (χ0n) is 12.6.